The number of ether oxygens (including phenoxy) is 1. The molecule has 13 heterocycles. The number of anilines is 4. The van der Waals surface area contributed by atoms with Gasteiger partial charge in [0, 0.05) is 56.3 Å². The van der Waals surface area contributed by atoms with E-state index in [-0.39, 0.29) is 91.0 Å². The molecular weight excluding hydrogens is 1800 g/mol. The third kappa shape index (κ3) is 18.4. The maximum Gasteiger partial charge on any atom is 0.263 e. The first-order chi connectivity index (χ1) is 68.5. The van der Waals surface area contributed by atoms with Gasteiger partial charge in [-0.1, -0.05) is 146 Å². The Morgan fingerprint density at radius 2 is 0.683 bits per heavy atom. The molecule has 37 nitrogen and oxygen atoms in total. The van der Waals surface area contributed by atoms with Gasteiger partial charge >= 0.3 is 0 Å². The summed E-state index contributed by atoms with van der Waals surface area (Å²) in [4.78, 5) is 128. The number of pyridine rings is 4. The number of hydrogen-bond acceptors (Lipinski definition) is 26. The minimum Gasteiger partial charge on any atom is -0.383 e. The van der Waals surface area contributed by atoms with Gasteiger partial charge in [0.15, 0.2) is 22.6 Å². The van der Waals surface area contributed by atoms with Crippen LogP contribution in [0.4, 0.5) is 23.3 Å². The minimum atomic E-state index is -0.553. The van der Waals surface area contributed by atoms with Crippen molar-refractivity contribution in [3.63, 3.8) is 0 Å². The van der Waals surface area contributed by atoms with Crippen molar-refractivity contribution < 1.29 is 29.5 Å². The van der Waals surface area contributed by atoms with E-state index in [4.69, 9.17) is 37.9 Å². The van der Waals surface area contributed by atoms with Crippen LogP contribution in [0.3, 0.4) is 0 Å². The first kappa shape index (κ1) is 94.6. The molecule has 1 fully saturated rings. The van der Waals surface area contributed by atoms with Crippen molar-refractivity contribution in [2.45, 2.75) is 108 Å². The monoisotopic (exact) mass is 1900 g/mol. The first-order valence-electron chi connectivity index (χ1n) is 45.9. The van der Waals surface area contributed by atoms with Crippen molar-refractivity contribution in [2.24, 2.45) is 0 Å². The Bertz CT molecular complexity index is 8680. The predicted octanol–water partition coefficient (Wildman–Crippen LogP) is 12.1. The molecule has 0 radical (unpaired) electrons. The summed E-state index contributed by atoms with van der Waals surface area (Å²) in [6, 6.07) is 62.5. The molecule has 0 bridgehead atoms. The fraction of sp³-hybridized carbons (Fsp3) is 0.210. The smallest absolute Gasteiger partial charge is 0.263 e. The second-order valence-corrected chi connectivity index (χ2v) is 35.0. The second kappa shape index (κ2) is 39.8. The molecule has 21 rings (SSSR count). The molecule has 0 atom stereocenters. The maximum absolute atomic E-state index is 14.0. The highest BCUT2D eigenvalue weighted by atomic mass is 16.5. The quantitative estimate of drug-likeness (QED) is 0.0323. The number of carbonyl (C=O) groups excluding carboxylic acids is 3. The molecule has 0 aliphatic carbocycles. The number of morpholine rings is 1. The summed E-state index contributed by atoms with van der Waals surface area (Å²) < 4.78 is 19.1. The largest absolute Gasteiger partial charge is 0.383 e. The Kier molecular flexibility index (Phi) is 26.5. The van der Waals surface area contributed by atoms with Gasteiger partial charge in [0.25, 0.3) is 28.1 Å². The second-order valence-electron chi connectivity index (χ2n) is 35.0. The molecule has 1 aliphatic rings. The van der Waals surface area contributed by atoms with Gasteiger partial charge in [-0.25, -0.2) is 68.7 Å². The zero-order valence-electron chi connectivity index (χ0n) is 79.6. The van der Waals surface area contributed by atoms with Crippen molar-refractivity contribution in [3.8, 4) is 22.7 Å². The summed E-state index contributed by atoms with van der Waals surface area (Å²) in [6.07, 6.45) is 7.31. The fourth-order valence-electron chi connectivity index (χ4n) is 18.5. The van der Waals surface area contributed by atoms with Gasteiger partial charge in [-0.05, 0) is 170 Å². The molecule has 8 aromatic carbocycles. The van der Waals surface area contributed by atoms with Crippen LogP contribution in [0.15, 0.2) is 245 Å². The maximum atomic E-state index is 14.0. The van der Waals surface area contributed by atoms with E-state index in [0.29, 0.717) is 132 Å². The fourth-order valence-corrected chi connectivity index (χ4v) is 18.5. The summed E-state index contributed by atoms with van der Waals surface area (Å²) in [5.41, 5.74) is 41.4. The zero-order valence-corrected chi connectivity index (χ0v) is 79.6. The van der Waals surface area contributed by atoms with Crippen LogP contribution in [0.2, 0.25) is 0 Å². The number of hydrogen-bond donors (Lipinski definition) is 6. The molecule has 1 saturated heterocycles. The van der Waals surface area contributed by atoms with E-state index in [1.54, 1.807) is 48.1 Å². The van der Waals surface area contributed by atoms with Crippen molar-refractivity contribution in [1.82, 2.24) is 112 Å². The lowest BCUT2D eigenvalue weighted by molar-refractivity contribution is -0.162. The van der Waals surface area contributed by atoms with E-state index >= 15 is 0 Å². The molecule has 716 valence electrons. The van der Waals surface area contributed by atoms with E-state index in [2.05, 4.69) is 50.1 Å². The SMILES string of the molecule is CC(=O)N(O)CCc1nn(Cc2cc3cccc(C)c3c(=O)n2-c2ccccc2C)c2ncnc(N)c12.Cc1ccccc1-n1c(Cn2nc(CC(=O)N(C)O)c3c(N)ncnc32)cc2cccc(C)c2c1=O.Cc1ccccc1-n1c(Cn2nc(CC(=O)N3CCOCC3)c3c(N)ncnc32)cc2cccc(C)c2c1=O.Cc1ccccc1-n1c(Cn2ncc3c(N)ncnc32)cc2cccc(C)c2c1=O. The van der Waals surface area contributed by atoms with E-state index < -0.39 is 11.8 Å². The number of aromatic nitrogens is 20. The first-order valence-corrected chi connectivity index (χ1v) is 45.9. The lowest BCUT2D eigenvalue weighted by Gasteiger charge is -2.26. The van der Waals surface area contributed by atoms with Crippen LogP contribution in [-0.4, -0.2) is 180 Å². The van der Waals surface area contributed by atoms with Gasteiger partial charge in [0.05, 0.1) is 148 Å². The van der Waals surface area contributed by atoms with Gasteiger partial charge in [0.2, 0.25) is 11.8 Å². The zero-order chi connectivity index (χ0) is 99.7. The number of likely N-dealkylation sites (N-methyl/N-ethyl adjacent to an activating group) is 1. The normalized spacial score (nSPS) is 12.0. The van der Waals surface area contributed by atoms with Crippen molar-refractivity contribution in [2.75, 3.05) is 62.8 Å². The number of amides is 3. The van der Waals surface area contributed by atoms with Gasteiger partial charge in [0.1, 0.15) is 48.6 Å². The number of nitrogens with zero attached hydrogens (tertiary/aromatic N) is 23. The summed E-state index contributed by atoms with van der Waals surface area (Å²) in [5, 5.41) is 47.5. The number of benzene rings is 8. The Hall–Kier alpha value is -17.7. The molecular formula is C105H101N27O10. The van der Waals surface area contributed by atoms with E-state index in [0.717, 1.165) is 111 Å². The van der Waals surface area contributed by atoms with Crippen molar-refractivity contribution in [3.05, 3.63) is 351 Å². The van der Waals surface area contributed by atoms with Crippen molar-refractivity contribution in [1.29, 1.82) is 0 Å². The van der Waals surface area contributed by atoms with E-state index in [1.807, 2.05) is 250 Å². The van der Waals surface area contributed by atoms with Crippen LogP contribution in [0.1, 0.15) is 91.3 Å². The van der Waals surface area contributed by atoms with Crippen LogP contribution in [0.5, 0.6) is 0 Å². The van der Waals surface area contributed by atoms with Crippen LogP contribution in [-0.2, 0) is 64.6 Å². The topological polar surface area (TPSA) is 477 Å². The highest BCUT2D eigenvalue weighted by molar-refractivity contribution is 5.95. The van der Waals surface area contributed by atoms with Gasteiger partial charge in [-0.2, -0.15) is 20.4 Å². The lowest BCUT2D eigenvalue weighted by atomic mass is 10.1. The van der Waals surface area contributed by atoms with Gasteiger partial charge < -0.3 is 32.6 Å². The van der Waals surface area contributed by atoms with E-state index in [1.165, 1.54) is 39.3 Å². The number of aryl methyl sites for hydroxylation is 8. The number of nitrogen functional groups attached to an aromatic ring is 4. The molecule has 142 heavy (non-hydrogen) atoms. The molecule has 20 aromatic rings. The number of fused-ring (bicyclic) bond motifs is 8. The summed E-state index contributed by atoms with van der Waals surface area (Å²) in [7, 11) is 1.25. The van der Waals surface area contributed by atoms with Crippen LogP contribution in [0, 0.1) is 55.4 Å². The van der Waals surface area contributed by atoms with Crippen LogP contribution in [0.25, 0.3) is 110 Å². The lowest BCUT2D eigenvalue weighted by Crippen LogP contribution is -2.41. The highest BCUT2D eigenvalue weighted by Crippen LogP contribution is 2.33. The van der Waals surface area contributed by atoms with Gasteiger partial charge in [-0.3, -0.25) is 62.2 Å². The molecule has 12 aromatic heterocycles. The Morgan fingerprint density at radius 3 is 1.03 bits per heavy atom. The standard InChI is InChI=1S/C29H29N7O3.C27H27N7O3.C26H25N7O3.C23H20N6O/c1-18-6-3-4-9-23(18)36-21(14-20-8-5-7-19(2)25(20)29(36)38)16-35-28-26(27(30)31-17-32-28)22(33-35)15-24(37)34-10-12-39-13-11-34;1-16-7-4-5-10-22(16)34-20(13-19-9-6-8-17(2)23(19)27(34)36)14-32-26-24(25(28)29-15-30-26)21(31-32)11-12-33(37)18(3)35;1-15-7-4-5-10-20(15)33-18(11-17-9-6-8-16(2)22(17)26(33)35)13-32-25-23(24(27)28-14-29-25)19(30-32)12-21(34)31(3)36;1-14-6-3-4-9-19(14)29-17(10-16-8-5-7-15(2)20(16)23(29)30)12-28-22-18(11-27-28)21(24)25-13-26-22/h3-9,14,17H,10-13,15-16H2,1-2H3,(H2,30,31,32);4-10,13,15,37H,11-12,14H2,1-3H3,(H2,28,29,30);4-11,14,36H,12-13H2,1-3H3,(H2,27,28,29);3-11,13H,12H2,1-2H3,(H2,24,25,26). The van der Waals surface area contributed by atoms with Gasteiger partial charge in [-0.15, -0.1) is 0 Å². The molecule has 0 unspecified atom stereocenters. The molecule has 37 heteroatoms. The minimum absolute atomic E-state index is 0.0406. The molecule has 0 spiro atoms. The van der Waals surface area contributed by atoms with Crippen molar-refractivity contribution >= 4 is 128 Å². The molecule has 10 N–H and O–H groups in total. The number of hydroxylamine groups is 4. The average molecular weight is 1900 g/mol. The highest BCUT2D eigenvalue weighted by Gasteiger charge is 2.29. The number of carbonyl (C=O) groups is 3. The third-order valence-electron chi connectivity index (χ3n) is 25.6. The van der Waals surface area contributed by atoms with Crippen LogP contribution >= 0.6 is 0 Å². The summed E-state index contributed by atoms with van der Waals surface area (Å²) in [5.74, 6) is 0.0118. The third-order valence-corrected chi connectivity index (χ3v) is 25.6. The summed E-state index contributed by atoms with van der Waals surface area (Å²) in [6.45, 7) is 20.2. The van der Waals surface area contributed by atoms with E-state index in [9.17, 15) is 44.0 Å². The summed E-state index contributed by atoms with van der Waals surface area (Å²) >= 11 is 0. The molecule has 1 aliphatic heterocycles. The Labute approximate surface area is 810 Å². The Morgan fingerprint density at radius 1 is 0.373 bits per heavy atom. The average Bonchev–Trinajstić information content (AvgIpc) is 1.25. The predicted molar refractivity (Wildman–Crippen MR) is 544 cm³/mol. The molecule has 3 amide bonds. The molecule has 0 saturated carbocycles. The number of para-hydroxylation sites is 4. The number of nitrogens with two attached hydrogens (primary N) is 4. The van der Waals surface area contributed by atoms with Crippen LogP contribution < -0.4 is 45.2 Å². The Balaban J connectivity index is 0.000000125. The number of rotatable bonds is 19.